The van der Waals surface area contributed by atoms with Crippen LogP contribution in [0.5, 0.6) is 0 Å². The van der Waals surface area contributed by atoms with E-state index in [4.69, 9.17) is 4.74 Å². The third-order valence-corrected chi connectivity index (χ3v) is 8.12. The van der Waals surface area contributed by atoms with Crippen LogP contribution in [0.15, 0.2) is 24.3 Å². The van der Waals surface area contributed by atoms with Gasteiger partial charge in [0.2, 0.25) is 0 Å². The van der Waals surface area contributed by atoms with Crippen molar-refractivity contribution >= 4 is 63.3 Å². The van der Waals surface area contributed by atoms with Crippen LogP contribution in [-0.4, -0.2) is 95.9 Å². The number of hydrogen-bond acceptors (Lipinski definition) is 5. The molecule has 0 unspecified atom stereocenters. The average Bonchev–Trinajstić information content (AvgIpc) is 2.95. The van der Waals surface area contributed by atoms with Gasteiger partial charge in [0.15, 0.2) is 0 Å². The molecule has 8 atom stereocenters. The topological polar surface area (TPSA) is 104 Å². The van der Waals surface area contributed by atoms with Crippen LogP contribution in [0.25, 0.3) is 0 Å². The largest absolute Gasteiger partial charge is 0.481 e. The molecule has 3 N–H and O–H groups in total. The van der Waals surface area contributed by atoms with E-state index in [1.165, 1.54) is 0 Å². The SMILES string of the molecule is C=C1C[C@]23C[C@@]1(O)CC[C@H]2[C@@]12C=C[C@H](O)[C@@](C)(C(=O)O1)[C@H]2[C@@H]3C(=O)O.[K]. The molecule has 5 rings (SSSR count). The second-order valence-electron chi connectivity index (χ2n) is 8.94. The van der Waals surface area contributed by atoms with Gasteiger partial charge in [-0.3, -0.25) is 9.59 Å². The van der Waals surface area contributed by atoms with E-state index in [0.717, 1.165) is 0 Å². The van der Waals surface area contributed by atoms with Gasteiger partial charge in [-0.1, -0.05) is 12.7 Å². The van der Waals surface area contributed by atoms with Gasteiger partial charge in [0, 0.05) is 63.2 Å². The number of aliphatic hydroxyl groups excluding tert-OH is 1. The zero-order valence-corrected chi connectivity index (χ0v) is 18.2. The second-order valence-corrected chi connectivity index (χ2v) is 8.94. The van der Waals surface area contributed by atoms with Gasteiger partial charge < -0.3 is 20.1 Å². The smallest absolute Gasteiger partial charge is 0.316 e. The number of carboxylic acid groups (broad SMARTS) is 1. The van der Waals surface area contributed by atoms with Crippen molar-refractivity contribution in [3.8, 4) is 0 Å². The molecule has 1 spiro atoms. The zero-order chi connectivity index (χ0) is 18.0. The van der Waals surface area contributed by atoms with Crippen LogP contribution in [0.1, 0.15) is 32.6 Å². The van der Waals surface area contributed by atoms with Crippen molar-refractivity contribution in [1.82, 2.24) is 0 Å². The first-order valence-electron chi connectivity index (χ1n) is 8.86. The Hall–Kier alpha value is -0.0236. The molecule has 6 nitrogen and oxygen atoms in total. The summed E-state index contributed by atoms with van der Waals surface area (Å²) in [6.07, 6.45) is 4.11. The summed E-state index contributed by atoms with van der Waals surface area (Å²) in [5.41, 5.74) is -3.29. The van der Waals surface area contributed by atoms with Gasteiger partial charge >= 0.3 is 11.9 Å². The number of esters is 1. The fraction of sp³-hybridized carbons (Fsp3) is 0.684. The van der Waals surface area contributed by atoms with Crippen molar-refractivity contribution in [2.24, 2.45) is 28.6 Å². The average molecular weight is 385 g/mol. The van der Waals surface area contributed by atoms with Crippen LogP contribution in [0, 0.1) is 28.6 Å². The molecule has 0 aromatic rings. The number of carboxylic acids is 1. The van der Waals surface area contributed by atoms with Crippen LogP contribution in [0.3, 0.4) is 0 Å². The summed E-state index contributed by atoms with van der Waals surface area (Å²) in [7, 11) is 0. The number of rotatable bonds is 1. The first-order chi connectivity index (χ1) is 11.6. The van der Waals surface area contributed by atoms with Gasteiger partial charge in [-0.25, -0.2) is 0 Å². The van der Waals surface area contributed by atoms with E-state index in [0.29, 0.717) is 31.3 Å². The number of aliphatic carboxylic acids is 1. The van der Waals surface area contributed by atoms with Crippen LogP contribution >= 0.6 is 0 Å². The van der Waals surface area contributed by atoms with E-state index in [9.17, 15) is 24.9 Å². The summed E-state index contributed by atoms with van der Waals surface area (Å²) in [6.45, 7) is 5.64. The Morgan fingerprint density at radius 1 is 1.42 bits per heavy atom. The molecule has 5 aliphatic rings. The molecule has 0 aromatic heterocycles. The van der Waals surface area contributed by atoms with Crippen LogP contribution in [-0.2, 0) is 14.3 Å². The minimum atomic E-state index is -1.27. The molecule has 4 bridgehead atoms. The fourth-order valence-corrected chi connectivity index (χ4v) is 7.13. The van der Waals surface area contributed by atoms with Crippen molar-refractivity contribution in [1.29, 1.82) is 0 Å². The fourth-order valence-electron chi connectivity index (χ4n) is 7.13. The molecule has 1 aliphatic heterocycles. The molecule has 4 fully saturated rings. The van der Waals surface area contributed by atoms with Crippen molar-refractivity contribution in [2.75, 3.05) is 0 Å². The minimum absolute atomic E-state index is 0. The molecule has 26 heavy (non-hydrogen) atoms. The van der Waals surface area contributed by atoms with E-state index in [1.54, 1.807) is 19.1 Å². The first-order valence-corrected chi connectivity index (χ1v) is 8.86. The number of aliphatic hydroxyl groups is 2. The Morgan fingerprint density at radius 3 is 2.77 bits per heavy atom. The summed E-state index contributed by atoms with van der Waals surface area (Å²) in [5.74, 6) is -3.18. The maximum Gasteiger partial charge on any atom is 0.316 e. The van der Waals surface area contributed by atoms with E-state index in [1.807, 2.05) is 0 Å². The van der Waals surface area contributed by atoms with Crippen molar-refractivity contribution in [3.05, 3.63) is 24.3 Å². The van der Waals surface area contributed by atoms with E-state index in [2.05, 4.69) is 6.58 Å². The van der Waals surface area contributed by atoms with Crippen LogP contribution in [0.2, 0.25) is 0 Å². The summed E-state index contributed by atoms with van der Waals surface area (Å²) in [5, 5.41) is 31.6. The molecule has 4 aliphatic carbocycles. The molecule has 1 radical (unpaired) electrons. The number of hydrogen-bond donors (Lipinski definition) is 3. The molecular formula is C19H22KO6. The quantitative estimate of drug-likeness (QED) is 0.348. The van der Waals surface area contributed by atoms with Crippen molar-refractivity contribution in [3.63, 3.8) is 0 Å². The number of carbonyl (C=O) groups excluding carboxylic acids is 1. The predicted octanol–water partition coefficient (Wildman–Crippen LogP) is 0.646. The maximum atomic E-state index is 12.7. The normalized spacial score (nSPS) is 55.8. The predicted molar refractivity (Wildman–Crippen MR) is 90.9 cm³/mol. The first kappa shape index (κ1) is 19.3. The Bertz CT molecular complexity index is 778. The molecule has 1 heterocycles. The summed E-state index contributed by atoms with van der Waals surface area (Å²) in [6, 6.07) is 0. The monoisotopic (exact) mass is 385 g/mol. The molecule has 3 saturated carbocycles. The van der Waals surface area contributed by atoms with Gasteiger partial charge in [0.1, 0.15) is 11.0 Å². The third kappa shape index (κ3) is 1.79. The third-order valence-electron chi connectivity index (χ3n) is 8.12. The van der Waals surface area contributed by atoms with E-state index < -0.39 is 51.9 Å². The molecule has 0 aromatic carbocycles. The van der Waals surface area contributed by atoms with Crippen LogP contribution in [0.4, 0.5) is 0 Å². The second kappa shape index (κ2) is 5.31. The van der Waals surface area contributed by atoms with Gasteiger partial charge in [0.25, 0.3) is 0 Å². The minimum Gasteiger partial charge on any atom is -0.481 e. The summed E-state index contributed by atoms with van der Waals surface area (Å²) >= 11 is 0. The number of ether oxygens (including phenoxy) is 1. The summed E-state index contributed by atoms with van der Waals surface area (Å²) in [4.78, 5) is 25.1. The van der Waals surface area contributed by atoms with Crippen molar-refractivity contribution < 1.29 is 29.6 Å². The summed E-state index contributed by atoms with van der Waals surface area (Å²) < 4.78 is 5.87. The van der Waals surface area contributed by atoms with Gasteiger partial charge in [-0.2, -0.15) is 0 Å². The Balaban J connectivity index is 0.00000168. The number of carbonyl (C=O) groups is 2. The number of fused-ring (bicyclic) bond motifs is 1. The molecular weight excluding hydrogens is 363 g/mol. The Labute approximate surface area is 194 Å². The van der Waals surface area contributed by atoms with Gasteiger partial charge in [-0.05, 0) is 49.7 Å². The Kier molecular flexibility index (Phi) is 3.95. The van der Waals surface area contributed by atoms with Gasteiger partial charge in [0.05, 0.1) is 17.6 Å². The van der Waals surface area contributed by atoms with E-state index >= 15 is 0 Å². The Morgan fingerprint density at radius 2 is 2.12 bits per heavy atom. The van der Waals surface area contributed by atoms with Gasteiger partial charge in [-0.15, -0.1) is 0 Å². The maximum absolute atomic E-state index is 12.7. The molecule has 0 amide bonds. The van der Waals surface area contributed by atoms with Crippen LogP contribution < -0.4 is 0 Å². The standard InChI is InChI=1S/C19H22O6.K/c1-9-7-17-8-18(9,24)5-3-10(17)19-6-4-11(20)16(2,15(23)25-19)13(19)12(17)14(21)22;/h4,6,10-13,20,24H,1,3,5,7-8H2,2H3,(H,21,22);/t10-,11+,12-,13-,16-,17+,18+,19-;/m1./s1. The molecule has 1 saturated heterocycles. The van der Waals surface area contributed by atoms with Crippen molar-refractivity contribution in [2.45, 2.75) is 49.9 Å². The molecule has 135 valence electrons. The molecule has 7 heteroatoms. The zero-order valence-electron chi connectivity index (χ0n) is 15.1. The van der Waals surface area contributed by atoms with E-state index in [-0.39, 0.29) is 57.3 Å².